The third-order valence-corrected chi connectivity index (χ3v) is 2.64. The van der Waals surface area contributed by atoms with Gasteiger partial charge in [0, 0.05) is 0 Å². The predicted octanol–water partition coefficient (Wildman–Crippen LogP) is 2.08. The standard InChI is InChI=1S/C8H10O2.C4H5NOS/c1-7(9)10-8-5-3-2-4-6-8;1-3-4(6)2-7-5-3/h2-7,9H,1H3;2H2,1H3. The number of aliphatic hydroxyl groups is 1. The van der Waals surface area contributed by atoms with Crippen molar-refractivity contribution in [2.24, 2.45) is 4.40 Å². The Bertz CT molecular complexity index is 390. The molecular formula is C12H15NO3S. The van der Waals surface area contributed by atoms with E-state index < -0.39 is 6.29 Å². The molecule has 0 aliphatic carbocycles. The Morgan fingerprint density at radius 3 is 2.41 bits per heavy atom. The molecule has 1 N–H and O–H groups in total. The van der Waals surface area contributed by atoms with E-state index in [2.05, 4.69) is 4.40 Å². The van der Waals surface area contributed by atoms with Crippen molar-refractivity contribution in [1.82, 2.24) is 0 Å². The molecular weight excluding hydrogens is 238 g/mol. The molecule has 0 fully saturated rings. The van der Waals surface area contributed by atoms with Crippen LogP contribution in [-0.2, 0) is 4.79 Å². The molecule has 17 heavy (non-hydrogen) atoms. The smallest absolute Gasteiger partial charge is 0.194 e. The minimum Gasteiger partial charge on any atom is -0.465 e. The number of ether oxygens (including phenoxy) is 1. The van der Waals surface area contributed by atoms with Crippen LogP contribution in [0, 0.1) is 0 Å². The van der Waals surface area contributed by atoms with Gasteiger partial charge < -0.3 is 9.84 Å². The van der Waals surface area contributed by atoms with Crippen molar-refractivity contribution in [1.29, 1.82) is 0 Å². The van der Waals surface area contributed by atoms with Gasteiger partial charge in [-0.15, -0.1) is 0 Å². The molecule has 1 aromatic rings. The summed E-state index contributed by atoms with van der Waals surface area (Å²) < 4.78 is 8.77. The monoisotopic (exact) mass is 253 g/mol. The number of nitrogens with zero attached hydrogens (tertiary/aromatic N) is 1. The van der Waals surface area contributed by atoms with Crippen LogP contribution in [0.2, 0.25) is 0 Å². The average Bonchev–Trinajstić information content (AvgIpc) is 2.65. The first-order valence-corrected chi connectivity index (χ1v) is 6.13. The number of ketones is 1. The van der Waals surface area contributed by atoms with Crippen LogP contribution < -0.4 is 4.74 Å². The van der Waals surface area contributed by atoms with Crippen molar-refractivity contribution in [3.8, 4) is 5.75 Å². The lowest BCUT2D eigenvalue weighted by Gasteiger charge is -2.06. The molecule has 1 atom stereocenters. The van der Waals surface area contributed by atoms with E-state index in [9.17, 15) is 4.79 Å². The molecule has 0 amide bonds. The van der Waals surface area contributed by atoms with E-state index in [1.165, 1.54) is 11.9 Å². The number of para-hydroxylation sites is 1. The second-order valence-corrected chi connectivity index (χ2v) is 4.13. The van der Waals surface area contributed by atoms with Crippen LogP contribution in [0.1, 0.15) is 13.8 Å². The van der Waals surface area contributed by atoms with E-state index in [-0.39, 0.29) is 5.78 Å². The summed E-state index contributed by atoms with van der Waals surface area (Å²) in [5.41, 5.74) is 0.657. The van der Waals surface area contributed by atoms with Gasteiger partial charge in [0.1, 0.15) is 5.75 Å². The molecule has 1 aromatic carbocycles. The number of hydrogen-bond donors (Lipinski definition) is 1. The maximum atomic E-state index is 10.4. The Labute approximate surface area is 105 Å². The maximum Gasteiger partial charge on any atom is 0.194 e. The molecule has 2 rings (SSSR count). The molecule has 0 radical (unpaired) electrons. The second kappa shape index (κ2) is 7.09. The number of carbonyl (C=O) groups is 1. The molecule has 92 valence electrons. The van der Waals surface area contributed by atoms with Gasteiger partial charge in [0.2, 0.25) is 0 Å². The van der Waals surface area contributed by atoms with Gasteiger partial charge in [-0.1, -0.05) is 18.2 Å². The van der Waals surface area contributed by atoms with Crippen molar-refractivity contribution in [2.45, 2.75) is 20.1 Å². The number of Topliss-reactive ketones (excluding diaryl/α,β-unsaturated/α-hetero) is 1. The minimum atomic E-state index is -0.734. The molecule has 5 heteroatoms. The zero-order chi connectivity index (χ0) is 12.7. The molecule has 0 saturated carbocycles. The first-order chi connectivity index (χ1) is 8.09. The summed E-state index contributed by atoms with van der Waals surface area (Å²) in [6.45, 7) is 3.31. The summed E-state index contributed by atoms with van der Waals surface area (Å²) in [6, 6.07) is 9.21. The van der Waals surface area contributed by atoms with Crippen molar-refractivity contribution >= 4 is 23.4 Å². The Kier molecular flexibility index (Phi) is 5.72. The average molecular weight is 253 g/mol. The molecule has 0 saturated heterocycles. The maximum absolute atomic E-state index is 10.4. The lowest BCUT2D eigenvalue weighted by Crippen LogP contribution is -2.08. The zero-order valence-corrected chi connectivity index (χ0v) is 10.6. The van der Waals surface area contributed by atoms with Crippen LogP contribution in [0.25, 0.3) is 0 Å². The Balaban J connectivity index is 0.000000181. The number of benzene rings is 1. The van der Waals surface area contributed by atoms with E-state index in [1.54, 1.807) is 26.0 Å². The summed E-state index contributed by atoms with van der Waals surface area (Å²) in [4.78, 5) is 10.4. The second-order valence-electron chi connectivity index (χ2n) is 3.40. The molecule has 0 bridgehead atoms. The highest BCUT2D eigenvalue weighted by Crippen LogP contribution is 2.10. The number of carbonyl (C=O) groups excluding carboxylic acids is 1. The molecule has 1 unspecified atom stereocenters. The Hall–Kier alpha value is -1.33. The topological polar surface area (TPSA) is 58.9 Å². The summed E-state index contributed by atoms with van der Waals surface area (Å²) in [5.74, 6) is 1.41. The lowest BCUT2D eigenvalue weighted by atomic mass is 10.3. The number of hydrogen-bond acceptors (Lipinski definition) is 5. The van der Waals surface area contributed by atoms with Gasteiger partial charge in [0.05, 0.1) is 11.5 Å². The van der Waals surface area contributed by atoms with Gasteiger partial charge in [-0.2, -0.15) is 0 Å². The number of rotatable bonds is 2. The van der Waals surface area contributed by atoms with Gasteiger partial charge in [0.25, 0.3) is 0 Å². The fraction of sp³-hybridized carbons (Fsp3) is 0.333. The van der Waals surface area contributed by atoms with Crippen molar-refractivity contribution in [2.75, 3.05) is 5.75 Å². The minimum absolute atomic E-state index is 0.171. The first kappa shape index (κ1) is 13.7. The van der Waals surface area contributed by atoms with Gasteiger partial charge in [-0.3, -0.25) is 4.79 Å². The van der Waals surface area contributed by atoms with E-state index in [0.717, 1.165) is 0 Å². The lowest BCUT2D eigenvalue weighted by molar-refractivity contribution is -0.110. The first-order valence-electron chi connectivity index (χ1n) is 5.19. The van der Waals surface area contributed by atoms with Crippen LogP contribution in [0.3, 0.4) is 0 Å². The van der Waals surface area contributed by atoms with Crippen LogP contribution in [0.4, 0.5) is 0 Å². The van der Waals surface area contributed by atoms with Gasteiger partial charge in [0.15, 0.2) is 12.1 Å². The molecule has 1 aliphatic heterocycles. The van der Waals surface area contributed by atoms with Crippen LogP contribution >= 0.6 is 11.9 Å². The number of aliphatic hydroxyl groups excluding tert-OH is 1. The summed E-state index contributed by atoms with van der Waals surface area (Å²) in [7, 11) is 0. The largest absolute Gasteiger partial charge is 0.465 e. The SMILES string of the molecule is CC(O)Oc1ccccc1.CC1=NSCC1=O. The summed E-state index contributed by atoms with van der Waals surface area (Å²) >= 11 is 1.33. The van der Waals surface area contributed by atoms with Gasteiger partial charge >= 0.3 is 0 Å². The third-order valence-electron chi connectivity index (χ3n) is 1.85. The predicted molar refractivity (Wildman–Crippen MR) is 69.3 cm³/mol. The van der Waals surface area contributed by atoms with Crippen LogP contribution in [0.15, 0.2) is 34.7 Å². The third kappa shape index (κ3) is 5.51. The van der Waals surface area contributed by atoms with E-state index in [4.69, 9.17) is 9.84 Å². The van der Waals surface area contributed by atoms with Crippen LogP contribution in [0.5, 0.6) is 5.75 Å². The Morgan fingerprint density at radius 1 is 1.41 bits per heavy atom. The van der Waals surface area contributed by atoms with E-state index in [0.29, 0.717) is 17.2 Å². The van der Waals surface area contributed by atoms with Crippen LogP contribution in [-0.4, -0.2) is 28.6 Å². The van der Waals surface area contributed by atoms with Gasteiger partial charge in [-0.25, -0.2) is 4.40 Å². The van der Waals surface area contributed by atoms with Gasteiger partial charge in [-0.05, 0) is 37.9 Å². The Morgan fingerprint density at radius 2 is 2.06 bits per heavy atom. The van der Waals surface area contributed by atoms with Crippen molar-refractivity contribution in [3.05, 3.63) is 30.3 Å². The molecule has 0 aromatic heterocycles. The van der Waals surface area contributed by atoms with E-state index in [1.807, 2.05) is 18.2 Å². The molecule has 1 heterocycles. The van der Waals surface area contributed by atoms with E-state index >= 15 is 0 Å². The zero-order valence-electron chi connectivity index (χ0n) is 9.79. The fourth-order valence-electron chi connectivity index (χ4n) is 1.04. The normalized spacial score (nSPS) is 15.7. The fourth-order valence-corrected chi connectivity index (χ4v) is 1.73. The molecule has 4 nitrogen and oxygen atoms in total. The quantitative estimate of drug-likeness (QED) is 0.647. The van der Waals surface area contributed by atoms with Crippen molar-refractivity contribution in [3.63, 3.8) is 0 Å². The highest BCUT2D eigenvalue weighted by atomic mass is 32.2. The summed E-state index contributed by atoms with van der Waals surface area (Å²) in [5, 5.41) is 8.78. The highest BCUT2D eigenvalue weighted by Gasteiger charge is 2.11. The molecule has 1 aliphatic rings. The van der Waals surface area contributed by atoms with Crippen molar-refractivity contribution < 1.29 is 14.6 Å². The summed E-state index contributed by atoms with van der Waals surface area (Å²) in [6.07, 6.45) is -0.734. The molecule has 0 spiro atoms. The highest BCUT2D eigenvalue weighted by molar-refractivity contribution is 7.99.